The Kier molecular flexibility index (Phi) is 61.4. The Balaban J connectivity index is -0.0000000235. The number of rotatable bonds is 4. The van der Waals surface area contributed by atoms with Crippen LogP contribution in [0.2, 0.25) is 0 Å². The minimum atomic E-state index is -5.68. The van der Waals surface area contributed by atoms with Crippen molar-refractivity contribution in [2.75, 3.05) is 0 Å². The zero-order valence-electron chi connectivity index (χ0n) is 13.8. The summed E-state index contributed by atoms with van der Waals surface area (Å²) in [4.78, 5) is 126. The third kappa shape index (κ3) is 189. The van der Waals surface area contributed by atoms with E-state index >= 15 is 0 Å². The molecule has 0 aromatic rings. The van der Waals surface area contributed by atoms with Crippen molar-refractivity contribution >= 4 is 46.9 Å². The van der Waals surface area contributed by atoms with E-state index < -0.39 is 46.9 Å². The molecule has 0 saturated carbocycles. The van der Waals surface area contributed by atoms with Crippen LogP contribution in [0.15, 0.2) is 0 Å². The van der Waals surface area contributed by atoms with Crippen LogP contribution in [0.4, 0.5) is 0 Å². The van der Waals surface area contributed by atoms with E-state index in [0.717, 1.165) is 0 Å². The van der Waals surface area contributed by atoms with Crippen molar-refractivity contribution in [2.24, 2.45) is 0 Å². The van der Waals surface area contributed by atoms with E-state index in [1.165, 1.54) is 0 Å². The van der Waals surface area contributed by atoms with Crippen molar-refractivity contribution in [3.8, 4) is 0 Å². The smallest absolute Gasteiger partial charge is 0.822 e. The molecule has 0 amide bonds. The molecule has 0 N–H and O–H groups in total. The van der Waals surface area contributed by atoms with E-state index in [9.17, 15) is 57.4 Å². The van der Waals surface area contributed by atoms with Crippen LogP contribution < -0.4 is 68.5 Å². The van der Waals surface area contributed by atoms with Gasteiger partial charge in [0.25, 0.3) is 0 Å². The summed E-state index contributed by atoms with van der Waals surface area (Å²) in [6.07, 6.45) is 0. The van der Waals surface area contributed by atoms with Crippen LogP contribution in [0, 0.1) is 0 Å². The van der Waals surface area contributed by atoms with Crippen molar-refractivity contribution in [1.82, 2.24) is 0 Å². The molecular formula is Cu7O22P6. The molecule has 22 nitrogen and oxygen atoms in total. The molecule has 239 valence electrons. The van der Waals surface area contributed by atoms with E-state index in [1.54, 1.807) is 0 Å². The second kappa shape index (κ2) is 29.9. The van der Waals surface area contributed by atoms with E-state index in [1.807, 2.05) is 0 Å². The van der Waals surface area contributed by atoms with Gasteiger partial charge >= 0.3 is 119 Å². The van der Waals surface area contributed by atoms with Gasteiger partial charge in [-0.15, -0.1) is 0 Å². The molecule has 0 unspecified atom stereocenters. The summed E-state index contributed by atoms with van der Waals surface area (Å²) >= 11 is 0. The first-order valence-electron chi connectivity index (χ1n) is 4.38. The summed E-state index contributed by atoms with van der Waals surface area (Å²) in [5.41, 5.74) is 0. The van der Waals surface area contributed by atoms with Crippen LogP contribution >= 0.6 is 46.9 Å². The molecule has 0 aromatic heterocycles. The molecule has 0 aromatic carbocycles. The first-order chi connectivity index (χ1) is 11.4. The maximum absolute atomic E-state index is 9.32. The van der Waals surface area contributed by atoms with Gasteiger partial charge in [0.2, 0.25) is 0 Å². The second-order valence-electron chi connectivity index (χ2n) is 2.85. The van der Waals surface area contributed by atoms with Gasteiger partial charge in [-0.3, -0.25) is 0 Å². The molecule has 0 spiro atoms. The second-order valence-corrected chi connectivity index (χ2v) is 9.52. The summed E-state index contributed by atoms with van der Waals surface area (Å²) in [7, 11) is -33.5. The predicted octanol–water partition coefficient (Wildman–Crippen LogP) is -12.3. The Morgan fingerprint density at radius 3 is 0.343 bits per heavy atom. The average Bonchev–Trinajstić information content (AvgIpc) is 1.95. The minimum absolute atomic E-state index is 0. The Morgan fingerprint density at radius 1 is 0.286 bits per heavy atom. The molecular weight excluding hydrogens is 983 g/mol. The summed E-state index contributed by atoms with van der Waals surface area (Å²) in [5, 5.41) is 0. The molecule has 35 heavy (non-hydrogen) atoms. The van der Waals surface area contributed by atoms with Gasteiger partial charge in [0.05, 0.1) is 31.3 Å². The monoisotopic (exact) mass is 978 g/mol. The molecule has 0 fully saturated rings. The summed E-state index contributed by atoms with van der Waals surface area (Å²) < 4.78 is 59.4. The van der Waals surface area contributed by atoms with Gasteiger partial charge in [0.1, 0.15) is 0 Å². The third-order valence-electron chi connectivity index (χ3n) is 0.400. The summed E-state index contributed by atoms with van der Waals surface area (Å²) in [6, 6.07) is 0. The fourth-order valence-corrected chi connectivity index (χ4v) is 2.20. The van der Waals surface area contributed by atoms with Crippen LogP contribution in [0.1, 0.15) is 0 Å². The normalized spacial score (nSPS) is 10.5. The van der Waals surface area contributed by atoms with Crippen LogP contribution in [0.3, 0.4) is 0 Å². The first kappa shape index (κ1) is 72.0. The van der Waals surface area contributed by atoms with Crippen LogP contribution in [0.5, 0.6) is 0 Å². The van der Waals surface area contributed by atoms with Crippen molar-refractivity contribution in [2.45, 2.75) is 0 Å². The third-order valence-corrected chi connectivity index (χ3v) is 3.60. The Hall–Kier alpha value is 4.38. The maximum Gasteiger partial charge on any atom is 2.00 e. The van der Waals surface area contributed by atoms with Gasteiger partial charge in [-0.25, -0.2) is 0 Å². The van der Waals surface area contributed by atoms with E-state index in [2.05, 4.69) is 8.62 Å². The van der Waals surface area contributed by atoms with E-state index in [-0.39, 0.29) is 119 Å². The quantitative estimate of drug-likeness (QED) is 0.186. The van der Waals surface area contributed by atoms with Gasteiger partial charge in [-0.05, 0) is 0 Å². The van der Waals surface area contributed by atoms with E-state index in [0.29, 0.717) is 0 Å². The van der Waals surface area contributed by atoms with Crippen LogP contribution in [-0.4, -0.2) is 0 Å². The molecule has 0 rings (SSSR count). The number of phosphoric acid groups is 6. The SMILES string of the molecule is O=P([O-])([O-])OP(=O)([O-])[O-].O=P([O-])([O-])OP(=O)([O-])[O-].O=P([O-])([O-])[O-].O=P([O-])([O-])[O-].[Cu+2].[Cu+2].[Cu+2].[Cu+2].[Cu+2].[Cu+2].[Cu+2]. The molecule has 0 aliphatic heterocycles. The van der Waals surface area contributed by atoms with Gasteiger partial charge in [0, 0.05) is 0 Å². The fraction of sp³-hybridized carbons (Fsp3) is 0. The Labute approximate surface area is 268 Å². The summed E-state index contributed by atoms with van der Waals surface area (Å²) in [5.74, 6) is 0. The standard InChI is InChI=1S/7Cu.2H4O7P2.2H3O4P/c;;;;;;;2*1-8(2,3)7-9(4,5)6;2*1-5(2,3)4/h;;;;;;;2*(H2,1,2,3)(H2,4,5,6);2*(H3,1,2,3,4)/q7*+2;;;;/p-14. The zero-order chi connectivity index (χ0) is 24.4. The maximum atomic E-state index is 9.32. The van der Waals surface area contributed by atoms with Gasteiger partial charge in [0.15, 0.2) is 0 Å². The fourth-order valence-electron chi connectivity index (χ4n) is 0.245. The topological polar surface area (TPSA) is 444 Å². The van der Waals surface area contributed by atoms with Gasteiger partial charge < -0.3 is 105 Å². The van der Waals surface area contributed by atoms with Gasteiger partial charge in [-0.2, -0.15) is 15.6 Å². The Bertz CT molecular complexity index is 594. The number of hydrogen-bond donors (Lipinski definition) is 0. The zero-order valence-corrected chi connectivity index (χ0v) is 25.7. The van der Waals surface area contributed by atoms with Crippen LogP contribution in [0.25, 0.3) is 0 Å². The average molecular weight is 983 g/mol. The van der Waals surface area contributed by atoms with Crippen molar-refractivity contribution in [3.05, 3.63) is 0 Å². The van der Waals surface area contributed by atoms with Gasteiger partial charge in [-0.1, -0.05) is 0 Å². The van der Waals surface area contributed by atoms with Crippen molar-refractivity contribution < 1.29 is 224 Å². The first-order valence-corrected chi connectivity index (χ1v) is 13.1. The predicted molar refractivity (Wildman–Crippen MR) is 47.8 cm³/mol. The van der Waals surface area contributed by atoms with Crippen molar-refractivity contribution in [1.29, 1.82) is 0 Å². The molecule has 35 heteroatoms. The largest absolute Gasteiger partial charge is 2.00 e. The van der Waals surface area contributed by atoms with Crippen molar-refractivity contribution in [3.63, 3.8) is 0 Å². The Morgan fingerprint density at radius 2 is 0.343 bits per heavy atom. The number of hydrogen-bond acceptors (Lipinski definition) is 22. The van der Waals surface area contributed by atoms with E-state index in [4.69, 9.17) is 38.5 Å². The molecule has 0 bridgehead atoms. The molecule has 0 aliphatic rings. The molecule has 0 atom stereocenters. The molecule has 7 radical (unpaired) electrons. The minimum Gasteiger partial charge on any atom is -0.822 e. The van der Waals surface area contributed by atoms with Crippen LogP contribution in [-0.2, 0) is 155 Å². The molecule has 0 aliphatic carbocycles. The summed E-state index contributed by atoms with van der Waals surface area (Å²) in [6.45, 7) is 0. The molecule has 0 heterocycles. The molecule has 0 saturated heterocycles.